The van der Waals surface area contributed by atoms with Crippen molar-refractivity contribution in [2.75, 3.05) is 30.3 Å². The van der Waals surface area contributed by atoms with Crippen LogP contribution in [0.5, 0.6) is 5.88 Å². The fourth-order valence-electron chi connectivity index (χ4n) is 4.07. The summed E-state index contributed by atoms with van der Waals surface area (Å²) in [5, 5.41) is 0. The third-order valence-electron chi connectivity index (χ3n) is 5.71. The summed E-state index contributed by atoms with van der Waals surface area (Å²) in [5.41, 5.74) is 14.1. The number of carbonyl (C=O) groups is 1. The van der Waals surface area contributed by atoms with Crippen LogP contribution < -0.4 is 21.1 Å². The lowest BCUT2D eigenvalue weighted by Crippen LogP contribution is -2.32. The summed E-state index contributed by atoms with van der Waals surface area (Å²) in [6.45, 7) is 1.59. The number of anilines is 2. The van der Waals surface area contributed by atoms with Crippen molar-refractivity contribution in [1.82, 2.24) is 9.97 Å². The number of fused-ring (bicyclic) bond motifs is 1. The van der Waals surface area contributed by atoms with E-state index in [0.717, 1.165) is 12.2 Å². The van der Waals surface area contributed by atoms with E-state index in [-0.39, 0.29) is 23.2 Å². The fourth-order valence-corrected chi connectivity index (χ4v) is 4.07. The molecule has 0 spiro atoms. The van der Waals surface area contributed by atoms with Gasteiger partial charge in [-0.05, 0) is 61.8 Å². The lowest BCUT2D eigenvalue weighted by Gasteiger charge is -2.28. The van der Waals surface area contributed by atoms with Crippen molar-refractivity contribution in [2.45, 2.75) is 31.6 Å². The number of nitrogens with zero attached hydrogens (tertiary/aromatic N) is 3. The molecule has 1 fully saturated rings. The summed E-state index contributed by atoms with van der Waals surface area (Å²) in [7, 11) is 0. The Balaban J connectivity index is 1.54. The predicted octanol–water partition coefficient (Wildman–Crippen LogP) is 2.33. The lowest BCUT2D eigenvalue weighted by molar-refractivity contribution is 0.0990. The minimum absolute atomic E-state index is 0.144. The summed E-state index contributed by atoms with van der Waals surface area (Å²) in [6, 6.07) is 8.28. The normalized spacial score (nSPS) is 22.7. The highest BCUT2D eigenvalue weighted by Gasteiger charge is 2.29. The first-order valence-corrected chi connectivity index (χ1v) is 9.52. The maximum absolute atomic E-state index is 13.0. The number of hydrogen-bond donors (Lipinski definition) is 2. The van der Waals surface area contributed by atoms with Crippen molar-refractivity contribution in [3.8, 4) is 5.88 Å². The SMILES string of the molecule is NCC1CCC(c2ccc(N3CCOc4ncnc(N)c4C3=O)cc2)CC1. The number of nitrogens with two attached hydrogens (primary N) is 2. The molecule has 1 aliphatic heterocycles. The Morgan fingerprint density at radius 3 is 2.56 bits per heavy atom. The first-order chi connectivity index (χ1) is 13.2. The van der Waals surface area contributed by atoms with Gasteiger partial charge in [0.15, 0.2) is 0 Å². The highest BCUT2D eigenvalue weighted by Crippen LogP contribution is 2.36. The Morgan fingerprint density at radius 1 is 1.11 bits per heavy atom. The van der Waals surface area contributed by atoms with Crippen LogP contribution >= 0.6 is 0 Å². The molecule has 0 atom stereocenters. The van der Waals surface area contributed by atoms with Gasteiger partial charge in [-0.1, -0.05) is 12.1 Å². The molecule has 2 aromatic rings. The number of carbonyl (C=O) groups excluding carboxylic acids is 1. The molecule has 2 aliphatic rings. The zero-order chi connectivity index (χ0) is 18.8. The molecule has 27 heavy (non-hydrogen) atoms. The average molecular weight is 367 g/mol. The van der Waals surface area contributed by atoms with E-state index >= 15 is 0 Å². The molecule has 0 radical (unpaired) electrons. The van der Waals surface area contributed by atoms with Gasteiger partial charge in [0.1, 0.15) is 24.3 Å². The van der Waals surface area contributed by atoms with Crippen LogP contribution in [0.2, 0.25) is 0 Å². The van der Waals surface area contributed by atoms with E-state index in [4.69, 9.17) is 16.2 Å². The van der Waals surface area contributed by atoms with Crippen molar-refractivity contribution in [3.05, 3.63) is 41.7 Å². The molecule has 0 bridgehead atoms. The Labute approximate surface area is 158 Å². The number of ether oxygens (including phenoxy) is 1. The van der Waals surface area contributed by atoms with Gasteiger partial charge >= 0.3 is 0 Å². The maximum Gasteiger partial charge on any atom is 0.267 e. The van der Waals surface area contributed by atoms with Gasteiger partial charge in [-0.15, -0.1) is 0 Å². The molecule has 1 aromatic heterocycles. The minimum atomic E-state index is -0.225. The fraction of sp³-hybridized carbons (Fsp3) is 0.450. The van der Waals surface area contributed by atoms with Gasteiger partial charge < -0.3 is 21.1 Å². The summed E-state index contributed by atoms with van der Waals surface area (Å²) >= 11 is 0. The van der Waals surface area contributed by atoms with E-state index < -0.39 is 0 Å². The number of nitrogen functional groups attached to an aromatic ring is 1. The van der Waals surface area contributed by atoms with Gasteiger partial charge in [-0.2, -0.15) is 0 Å². The molecule has 2 heterocycles. The van der Waals surface area contributed by atoms with Gasteiger partial charge in [-0.3, -0.25) is 4.79 Å². The average Bonchev–Trinajstić information content (AvgIpc) is 2.88. The van der Waals surface area contributed by atoms with Crippen molar-refractivity contribution in [2.24, 2.45) is 11.7 Å². The molecule has 7 nitrogen and oxygen atoms in total. The molecule has 1 aliphatic carbocycles. The van der Waals surface area contributed by atoms with E-state index in [2.05, 4.69) is 22.1 Å². The molecule has 1 aromatic carbocycles. The molecule has 4 rings (SSSR count). The van der Waals surface area contributed by atoms with Crippen molar-refractivity contribution in [3.63, 3.8) is 0 Å². The topological polar surface area (TPSA) is 107 Å². The van der Waals surface area contributed by atoms with Crippen molar-refractivity contribution >= 4 is 17.4 Å². The van der Waals surface area contributed by atoms with Crippen molar-refractivity contribution in [1.29, 1.82) is 0 Å². The first kappa shape index (κ1) is 17.7. The molecule has 4 N–H and O–H groups in total. The Hall–Kier alpha value is -2.67. The van der Waals surface area contributed by atoms with Gasteiger partial charge in [0.2, 0.25) is 5.88 Å². The van der Waals surface area contributed by atoms with E-state index in [1.807, 2.05) is 12.1 Å². The third kappa shape index (κ3) is 3.47. The molecule has 1 amide bonds. The molecule has 0 unspecified atom stereocenters. The summed E-state index contributed by atoms with van der Waals surface area (Å²) < 4.78 is 5.59. The predicted molar refractivity (Wildman–Crippen MR) is 104 cm³/mol. The van der Waals surface area contributed by atoms with Gasteiger partial charge in [0.25, 0.3) is 5.91 Å². The van der Waals surface area contributed by atoms with Gasteiger partial charge in [-0.25, -0.2) is 9.97 Å². The molecular weight excluding hydrogens is 342 g/mol. The Bertz CT molecular complexity index is 816. The molecule has 7 heteroatoms. The van der Waals surface area contributed by atoms with Gasteiger partial charge in [0, 0.05) is 5.69 Å². The molecule has 1 saturated carbocycles. The second-order valence-corrected chi connectivity index (χ2v) is 7.29. The second kappa shape index (κ2) is 7.52. The maximum atomic E-state index is 13.0. The van der Waals surface area contributed by atoms with Crippen LogP contribution in [0.4, 0.5) is 11.5 Å². The Morgan fingerprint density at radius 2 is 1.85 bits per heavy atom. The number of hydrogen-bond acceptors (Lipinski definition) is 6. The van der Waals surface area contributed by atoms with Crippen LogP contribution in [-0.2, 0) is 0 Å². The first-order valence-electron chi connectivity index (χ1n) is 9.52. The zero-order valence-electron chi connectivity index (χ0n) is 15.3. The number of benzene rings is 1. The molecule has 142 valence electrons. The van der Waals surface area contributed by atoms with E-state index in [9.17, 15) is 4.79 Å². The zero-order valence-corrected chi connectivity index (χ0v) is 15.3. The highest BCUT2D eigenvalue weighted by atomic mass is 16.5. The lowest BCUT2D eigenvalue weighted by atomic mass is 9.79. The van der Waals surface area contributed by atoms with E-state index in [1.54, 1.807) is 4.90 Å². The van der Waals surface area contributed by atoms with E-state index in [0.29, 0.717) is 25.0 Å². The number of rotatable bonds is 3. The smallest absolute Gasteiger partial charge is 0.267 e. The number of aromatic nitrogens is 2. The monoisotopic (exact) mass is 367 g/mol. The van der Waals surface area contributed by atoms with Crippen LogP contribution in [0, 0.1) is 5.92 Å². The van der Waals surface area contributed by atoms with Crippen molar-refractivity contribution < 1.29 is 9.53 Å². The quantitative estimate of drug-likeness (QED) is 0.862. The number of amides is 1. The Kier molecular flexibility index (Phi) is 4.94. The summed E-state index contributed by atoms with van der Waals surface area (Å²) in [6.07, 6.45) is 6.06. The van der Waals surface area contributed by atoms with Crippen LogP contribution in [0.3, 0.4) is 0 Å². The highest BCUT2D eigenvalue weighted by molar-refractivity contribution is 6.10. The van der Waals surface area contributed by atoms with Crippen LogP contribution in [0.1, 0.15) is 47.5 Å². The minimum Gasteiger partial charge on any atom is -0.475 e. The van der Waals surface area contributed by atoms with Crippen LogP contribution in [0.15, 0.2) is 30.6 Å². The van der Waals surface area contributed by atoms with Gasteiger partial charge in [0.05, 0.1) is 6.54 Å². The summed E-state index contributed by atoms with van der Waals surface area (Å²) in [5.74, 6) is 1.42. The third-order valence-corrected chi connectivity index (χ3v) is 5.71. The molecular formula is C20H25N5O2. The standard InChI is InChI=1S/C20H25N5O2/c21-11-13-1-3-14(4-2-13)15-5-7-16(8-6-15)25-9-10-27-19-17(20(25)26)18(22)23-12-24-19/h5-8,12-14H,1-4,9-11,21H2,(H2,22,23,24). The molecule has 0 saturated heterocycles. The largest absolute Gasteiger partial charge is 0.475 e. The van der Waals surface area contributed by atoms with Crippen LogP contribution in [0.25, 0.3) is 0 Å². The van der Waals surface area contributed by atoms with E-state index in [1.165, 1.54) is 37.6 Å². The van der Waals surface area contributed by atoms with Crippen LogP contribution in [-0.4, -0.2) is 35.6 Å². The second-order valence-electron chi connectivity index (χ2n) is 7.29. The summed E-state index contributed by atoms with van der Waals surface area (Å²) in [4.78, 5) is 22.6.